The van der Waals surface area contributed by atoms with Gasteiger partial charge in [0.1, 0.15) is 0 Å². The molecule has 0 saturated carbocycles. The van der Waals surface area contributed by atoms with Crippen molar-refractivity contribution in [1.82, 2.24) is 5.32 Å². The van der Waals surface area contributed by atoms with Gasteiger partial charge >= 0.3 is 0 Å². The lowest BCUT2D eigenvalue weighted by atomic mass is 10.0. The molecule has 1 aromatic rings. The van der Waals surface area contributed by atoms with E-state index in [4.69, 9.17) is 11.6 Å². The summed E-state index contributed by atoms with van der Waals surface area (Å²) in [6.07, 6.45) is 0.780. The topological polar surface area (TPSA) is 35.5 Å². The van der Waals surface area contributed by atoms with Gasteiger partial charge in [-0.05, 0) is 37.4 Å². The molecule has 1 aliphatic rings. The van der Waals surface area contributed by atoms with Crippen LogP contribution in [0.2, 0.25) is 5.02 Å². The maximum atomic E-state index is 9.79. The molecule has 2 atom stereocenters. The summed E-state index contributed by atoms with van der Waals surface area (Å²) < 4.78 is 0. The van der Waals surface area contributed by atoms with Gasteiger partial charge < -0.3 is 15.3 Å². The summed E-state index contributed by atoms with van der Waals surface area (Å²) >= 11 is 6.45. The summed E-state index contributed by atoms with van der Waals surface area (Å²) in [6, 6.07) is 6.11. The Hall–Kier alpha value is -0.770. The molecule has 3 nitrogen and oxygen atoms in total. The molecule has 1 fully saturated rings. The van der Waals surface area contributed by atoms with E-state index in [1.165, 1.54) is 5.56 Å². The van der Waals surface area contributed by atoms with Crippen LogP contribution in [0.15, 0.2) is 18.2 Å². The largest absolute Gasteiger partial charge is 0.393 e. The number of hydrogen-bond donors (Lipinski definition) is 2. The second-order valence-corrected chi connectivity index (χ2v) is 6.91. The molecule has 1 heterocycles. The van der Waals surface area contributed by atoms with Crippen LogP contribution >= 0.6 is 11.6 Å². The van der Waals surface area contributed by atoms with Crippen molar-refractivity contribution in [3.8, 4) is 0 Å². The molecule has 2 rings (SSSR count). The predicted molar refractivity (Wildman–Crippen MR) is 90.0 cm³/mol. The Morgan fingerprint density at radius 1 is 1.38 bits per heavy atom. The Morgan fingerprint density at radius 3 is 2.76 bits per heavy atom. The number of rotatable bonds is 6. The first-order valence-corrected chi connectivity index (χ1v) is 8.28. The molecule has 1 saturated heterocycles. The van der Waals surface area contributed by atoms with Gasteiger partial charge in [0, 0.05) is 25.6 Å². The van der Waals surface area contributed by atoms with Crippen LogP contribution in [0.25, 0.3) is 0 Å². The first-order valence-electron chi connectivity index (χ1n) is 7.90. The Morgan fingerprint density at radius 2 is 2.14 bits per heavy atom. The molecule has 2 N–H and O–H groups in total. The smallest absolute Gasteiger partial charge is 0.0642 e. The summed E-state index contributed by atoms with van der Waals surface area (Å²) in [7, 11) is 0. The Balaban J connectivity index is 2.11. The summed E-state index contributed by atoms with van der Waals surface area (Å²) in [6.45, 7) is 9.99. The molecule has 0 aliphatic carbocycles. The lowest BCUT2D eigenvalue weighted by molar-refractivity contribution is 0.136. The zero-order chi connectivity index (χ0) is 15.4. The number of para-hydroxylation sites is 1. The zero-order valence-electron chi connectivity index (χ0n) is 13.3. The van der Waals surface area contributed by atoms with E-state index in [-0.39, 0.29) is 6.10 Å². The van der Waals surface area contributed by atoms with Crippen molar-refractivity contribution < 1.29 is 5.11 Å². The summed E-state index contributed by atoms with van der Waals surface area (Å²) in [4.78, 5) is 2.33. The fraction of sp³-hybridized carbons (Fsp3) is 0.647. The second-order valence-electron chi connectivity index (χ2n) is 6.51. The molecular weight excluding hydrogens is 284 g/mol. The van der Waals surface area contributed by atoms with E-state index >= 15 is 0 Å². The van der Waals surface area contributed by atoms with Gasteiger partial charge in [-0.25, -0.2) is 0 Å². The Labute approximate surface area is 133 Å². The normalized spacial score (nSPS) is 20.3. The summed E-state index contributed by atoms with van der Waals surface area (Å²) in [5, 5.41) is 14.1. The van der Waals surface area contributed by atoms with E-state index in [0.717, 1.165) is 43.3 Å². The molecular formula is C17H27ClN2O. The van der Waals surface area contributed by atoms with E-state index in [1.807, 2.05) is 19.1 Å². The van der Waals surface area contributed by atoms with Gasteiger partial charge in [-0.15, -0.1) is 0 Å². The van der Waals surface area contributed by atoms with Crippen molar-refractivity contribution in [3.05, 3.63) is 28.8 Å². The van der Waals surface area contributed by atoms with E-state index in [1.54, 1.807) is 0 Å². The molecule has 0 bridgehead atoms. The van der Waals surface area contributed by atoms with Gasteiger partial charge in [-0.3, -0.25) is 0 Å². The number of anilines is 1. The number of halogens is 1. The highest BCUT2D eigenvalue weighted by atomic mass is 35.5. The van der Waals surface area contributed by atoms with Gasteiger partial charge in [0.15, 0.2) is 0 Å². The summed E-state index contributed by atoms with van der Waals surface area (Å²) in [5.41, 5.74) is 2.38. The fourth-order valence-electron chi connectivity index (χ4n) is 2.94. The van der Waals surface area contributed by atoms with Crippen molar-refractivity contribution in [1.29, 1.82) is 0 Å². The number of nitrogens with one attached hydrogen (secondary N) is 1. The Kier molecular flexibility index (Phi) is 5.91. The highest BCUT2D eigenvalue weighted by Crippen LogP contribution is 2.34. The monoisotopic (exact) mass is 310 g/mol. The highest BCUT2D eigenvalue weighted by Gasteiger charge is 2.28. The Bertz CT molecular complexity index is 462. The summed E-state index contributed by atoms with van der Waals surface area (Å²) in [5.74, 6) is 0.983. The van der Waals surface area contributed by atoms with Crippen LogP contribution in [0.1, 0.15) is 32.8 Å². The van der Waals surface area contributed by atoms with Crippen molar-refractivity contribution in [2.45, 2.75) is 39.8 Å². The average molecular weight is 311 g/mol. The standard InChI is InChI=1S/C17H27ClN2O/c1-12(2)9-19-10-14-5-4-6-16(18)17(14)20-8-7-15(11-20)13(3)21/h4-6,12-13,15,19,21H,7-11H2,1-3H3. The molecule has 4 heteroatoms. The minimum Gasteiger partial charge on any atom is -0.393 e. The zero-order valence-corrected chi connectivity index (χ0v) is 14.0. The van der Waals surface area contributed by atoms with Crippen LogP contribution in [0, 0.1) is 11.8 Å². The molecule has 0 amide bonds. The van der Waals surface area contributed by atoms with E-state index in [2.05, 4.69) is 30.1 Å². The SMILES string of the molecule is CC(C)CNCc1cccc(Cl)c1N1CCC(C(C)O)C1. The fourth-order valence-corrected chi connectivity index (χ4v) is 3.25. The number of hydrogen-bond acceptors (Lipinski definition) is 3. The van der Waals surface area contributed by atoms with Gasteiger partial charge in [0.2, 0.25) is 0 Å². The van der Waals surface area contributed by atoms with Crippen LogP contribution in [0.5, 0.6) is 0 Å². The average Bonchev–Trinajstić information content (AvgIpc) is 2.88. The first-order chi connectivity index (χ1) is 9.99. The number of nitrogens with zero attached hydrogens (tertiary/aromatic N) is 1. The number of aliphatic hydroxyl groups is 1. The second kappa shape index (κ2) is 7.48. The van der Waals surface area contributed by atoms with Gasteiger partial charge in [-0.2, -0.15) is 0 Å². The van der Waals surface area contributed by atoms with Crippen molar-refractivity contribution in [3.63, 3.8) is 0 Å². The molecule has 2 unspecified atom stereocenters. The first kappa shape index (κ1) is 16.6. The predicted octanol–water partition coefficient (Wildman–Crippen LogP) is 3.29. The number of benzene rings is 1. The minimum absolute atomic E-state index is 0.250. The lowest BCUT2D eigenvalue weighted by Crippen LogP contribution is -2.26. The maximum Gasteiger partial charge on any atom is 0.0642 e. The van der Waals surface area contributed by atoms with E-state index < -0.39 is 0 Å². The van der Waals surface area contributed by atoms with Crippen LogP contribution in [-0.4, -0.2) is 30.8 Å². The molecule has 21 heavy (non-hydrogen) atoms. The van der Waals surface area contributed by atoms with Gasteiger partial charge in [0.05, 0.1) is 16.8 Å². The van der Waals surface area contributed by atoms with Crippen LogP contribution in [0.4, 0.5) is 5.69 Å². The lowest BCUT2D eigenvalue weighted by Gasteiger charge is -2.24. The third-order valence-corrected chi connectivity index (χ3v) is 4.47. The van der Waals surface area contributed by atoms with Gasteiger partial charge in [0.25, 0.3) is 0 Å². The third-order valence-electron chi connectivity index (χ3n) is 4.16. The van der Waals surface area contributed by atoms with Crippen LogP contribution < -0.4 is 10.2 Å². The highest BCUT2D eigenvalue weighted by molar-refractivity contribution is 6.33. The maximum absolute atomic E-state index is 9.79. The molecule has 1 aliphatic heterocycles. The molecule has 0 aromatic heterocycles. The van der Waals surface area contributed by atoms with Crippen LogP contribution in [-0.2, 0) is 6.54 Å². The third kappa shape index (κ3) is 4.35. The van der Waals surface area contributed by atoms with Crippen molar-refractivity contribution in [2.75, 3.05) is 24.5 Å². The van der Waals surface area contributed by atoms with E-state index in [9.17, 15) is 5.11 Å². The molecule has 1 aromatic carbocycles. The van der Waals surface area contributed by atoms with Crippen LogP contribution in [0.3, 0.4) is 0 Å². The van der Waals surface area contributed by atoms with E-state index in [0.29, 0.717) is 11.8 Å². The number of aliphatic hydroxyl groups excluding tert-OH is 1. The molecule has 118 valence electrons. The van der Waals surface area contributed by atoms with Crippen molar-refractivity contribution in [2.24, 2.45) is 11.8 Å². The molecule has 0 spiro atoms. The molecule has 0 radical (unpaired) electrons. The van der Waals surface area contributed by atoms with Gasteiger partial charge in [-0.1, -0.05) is 37.6 Å². The minimum atomic E-state index is -0.250. The quantitative estimate of drug-likeness (QED) is 0.846. The van der Waals surface area contributed by atoms with Crippen molar-refractivity contribution >= 4 is 17.3 Å².